The largest absolute Gasteiger partial charge is 0.493 e. The first-order valence-electron chi connectivity index (χ1n) is 8.10. The zero-order valence-electron chi connectivity index (χ0n) is 14.9. The van der Waals surface area contributed by atoms with E-state index >= 15 is 0 Å². The predicted molar refractivity (Wildman–Crippen MR) is 99.5 cm³/mol. The summed E-state index contributed by atoms with van der Waals surface area (Å²) in [6, 6.07) is 13.5. The molecule has 0 aliphatic rings. The normalized spacial score (nSPS) is 10.7. The summed E-state index contributed by atoms with van der Waals surface area (Å²) in [7, 11) is 5.18. The molecular formula is C20H22N2O3. The van der Waals surface area contributed by atoms with Gasteiger partial charge in [-0.1, -0.05) is 18.2 Å². The van der Waals surface area contributed by atoms with E-state index in [2.05, 4.69) is 22.0 Å². The van der Waals surface area contributed by atoms with Crippen LogP contribution in [0.2, 0.25) is 0 Å². The molecule has 5 heteroatoms. The fourth-order valence-electron chi connectivity index (χ4n) is 3.10. The van der Waals surface area contributed by atoms with Gasteiger partial charge in [-0.2, -0.15) is 0 Å². The Morgan fingerprint density at radius 3 is 2.52 bits per heavy atom. The van der Waals surface area contributed by atoms with Gasteiger partial charge in [0.25, 0.3) is 0 Å². The Bertz CT molecular complexity index is 928. The molecule has 0 saturated heterocycles. The molecule has 0 bridgehead atoms. The molecule has 0 fully saturated rings. The number of fused-ring (bicyclic) bond motifs is 1. The number of carbonyl (C=O) groups is 1. The highest BCUT2D eigenvalue weighted by molar-refractivity contribution is 5.96. The van der Waals surface area contributed by atoms with Gasteiger partial charge in [-0.15, -0.1) is 0 Å². The minimum Gasteiger partial charge on any atom is -0.493 e. The third-order valence-corrected chi connectivity index (χ3v) is 4.54. The number of ether oxygens (including phenoxy) is 2. The Labute approximate surface area is 147 Å². The van der Waals surface area contributed by atoms with Crippen LogP contribution >= 0.6 is 0 Å². The number of nitrogens with one attached hydrogen (secondary N) is 1. The van der Waals surface area contributed by atoms with Crippen molar-refractivity contribution in [2.75, 3.05) is 19.5 Å². The van der Waals surface area contributed by atoms with Crippen LogP contribution in [0.4, 0.5) is 5.69 Å². The second-order valence-corrected chi connectivity index (χ2v) is 5.93. The van der Waals surface area contributed by atoms with Gasteiger partial charge in [-0.25, -0.2) is 0 Å². The van der Waals surface area contributed by atoms with Crippen LogP contribution in [0.5, 0.6) is 11.5 Å². The van der Waals surface area contributed by atoms with Gasteiger partial charge in [0, 0.05) is 35.4 Å². The molecule has 1 N–H and O–H groups in total. The molecule has 130 valence electrons. The highest BCUT2D eigenvalue weighted by Crippen LogP contribution is 2.30. The van der Waals surface area contributed by atoms with Crippen molar-refractivity contribution in [3.05, 3.63) is 53.7 Å². The van der Waals surface area contributed by atoms with Crippen molar-refractivity contribution < 1.29 is 14.3 Å². The van der Waals surface area contributed by atoms with Crippen molar-refractivity contribution >= 4 is 22.5 Å². The monoisotopic (exact) mass is 338 g/mol. The van der Waals surface area contributed by atoms with Crippen molar-refractivity contribution in [2.24, 2.45) is 7.05 Å². The molecule has 0 radical (unpaired) electrons. The van der Waals surface area contributed by atoms with Crippen LogP contribution in [-0.2, 0) is 18.3 Å². The van der Waals surface area contributed by atoms with Crippen LogP contribution in [0.25, 0.3) is 10.9 Å². The van der Waals surface area contributed by atoms with Crippen molar-refractivity contribution in [2.45, 2.75) is 13.3 Å². The number of rotatable bonds is 5. The van der Waals surface area contributed by atoms with Crippen molar-refractivity contribution in [3.8, 4) is 11.5 Å². The highest BCUT2D eigenvalue weighted by Gasteiger charge is 2.15. The van der Waals surface area contributed by atoms with Crippen LogP contribution in [0.1, 0.15) is 11.3 Å². The Balaban J connectivity index is 1.83. The maximum absolute atomic E-state index is 12.5. The lowest BCUT2D eigenvalue weighted by molar-refractivity contribution is -0.115. The van der Waals surface area contributed by atoms with Crippen LogP contribution in [-0.4, -0.2) is 24.7 Å². The first-order valence-corrected chi connectivity index (χ1v) is 8.10. The number of anilines is 1. The van der Waals surface area contributed by atoms with Crippen molar-refractivity contribution in [1.82, 2.24) is 4.57 Å². The number of para-hydroxylation sites is 1. The minimum atomic E-state index is -0.0633. The standard InChI is InChI=1S/C20H22N2O3/c1-13-16(15-7-5-6-8-17(15)22(13)2)12-20(23)21-14-9-10-18(24-3)19(11-14)25-4/h5-11H,12H2,1-4H3,(H,21,23). The summed E-state index contributed by atoms with van der Waals surface area (Å²) in [5.74, 6) is 1.15. The molecule has 1 aromatic heterocycles. The Morgan fingerprint density at radius 2 is 1.80 bits per heavy atom. The van der Waals surface area contributed by atoms with Crippen LogP contribution in [0, 0.1) is 6.92 Å². The van der Waals surface area contributed by atoms with E-state index < -0.39 is 0 Å². The van der Waals surface area contributed by atoms with E-state index in [4.69, 9.17) is 9.47 Å². The third-order valence-electron chi connectivity index (χ3n) is 4.54. The van der Waals surface area contributed by atoms with E-state index in [1.165, 1.54) is 0 Å². The zero-order chi connectivity index (χ0) is 18.0. The molecule has 3 rings (SSSR count). The van der Waals surface area contributed by atoms with Gasteiger partial charge in [0.1, 0.15) is 0 Å². The minimum absolute atomic E-state index is 0.0633. The van der Waals surface area contributed by atoms with Gasteiger partial charge in [0.15, 0.2) is 11.5 Å². The van der Waals surface area contributed by atoms with Gasteiger partial charge < -0.3 is 19.4 Å². The number of nitrogens with zero attached hydrogens (tertiary/aromatic N) is 1. The fraction of sp³-hybridized carbons (Fsp3) is 0.250. The summed E-state index contributed by atoms with van der Waals surface area (Å²) in [6.07, 6.45) is 0.321. The van der Waals surface area contributed by atoms with Crippen molar-refractivity contribution in [3.63, 3.8) is 0 Å². The molecule has 1 amide bonds. The first kappa shape index (κ1) is 16.9. The summed E-state index contributed by atoms with van der Waals surface area (Å²) in [5.41, 5.74) is 3.97. The first-order chi connectivity index (χ1) is 12.0. The quantitative estimate of drug-likeness (QED) is 0.772. The smallest absolute Gasteiger partial charge is 0.228 e. The van der Waals surface area contributed by atoms with Gasteiger partial charge in [0.05, 0.1) is 20.6 Å². The highest BCUT2D eigenvalue weighted by atomic mass is 16.5. The number of amides is 1. The number of benzene rings is 2. The molecule has 0 saturated carbocycles. The molecular weight excluding hydrogens is 316 g/mol. The summed E-state index contributed by atoms with van der Waals surface area (Å²) in [5, 5.41) is 4.05. The SMILES string of the molecule is COc1ccc(NC(=O)Cc2c(C)n(C)c3ccccc23)cc1OC. The lowest BCUT2D eigenvalue weighted by Gasteiger charge is -2.11. The molecule has 2 aromatic carbocycles. The van der Waals surface area contributed by atoms with Crippen LogP contribution in [0.3, 0.4) is 0 Å². The molecule has 3 aromatic rings. The number of hydrogen-bond donors (Lipinski definition) is 1. The molecule has 25 heavy (non-hydrogen) atoms. The van der Waals surface area contributed by atoms with Crippen LogP contribution < -0.4 is 14.8 Å². The van der Waals surface area contributed by atoms with Gasteiger partial charge in [-0.05, 0) is 30.7 Å². The molecule has 0 atom stereocenters. The van der Waals surface area contributed by atoms with E-state index in [0.717, 1.165) is 22.2 Å². The maximum Gasteiger partial charge on any atom is 0.228 e. The Kier molecular flexibility index (Phi) is 4.65. The lowest BCUT2D eigenvalue weighted by atomic mass is 10.1. The number of aromatic nitrogens is 1. The molecule has 0 aliphatic carbocycles. The average molecular weight is 338 g/mol. The van der Waals surface area contributed by atoms with E-state index in [0.29, 0.717) is 23.6 Å². The van der Waals surface area contributed by atoms with E-state index in [1.807, 2.05) is 26.1 Å². The number of methoxy groups -OCH3 is 2. The van der Waals surface area contributed by atoms with Gasteiger partial charge in [-0.3, -0.25) is 4.79 Å². The second-order valence-electron chi connectivity index (χ2n) is 5.93. The number of aryl methyl sites for hydroxylation is 1. The molecule has 0 spiro atoms. The van der Waals surface area contributed by atoms with Gasteiger partial charge in [0.2, 0.25) is 5.91 Å². The summed E-state index contributed by atoms with van der Waals surface area (Å²) < 4.78 is 12.6. The molecule has 0 aliphatic heterocycles. The topological polar surface area (TPSA) is 52.5 Å². The lowest BCUT2D eigenvalue weighted by Crippen LogP contribution is -2.15. The molecule has 5 nitrogen and oxygen atoms in total. The van der Waals surface area contributed by atoms with Crippen LogP contribution in [0.15, 0.2) is 42.5 Å². The van der Waals surface area contributed by atoms with E-state index in [-0.39, 0.29) is 5.91 Å². The second kappa shape index (κ2) is 6.89. The van der Waals surface area contributed by atoms with E-state index in [9.17, 15) is 4.79 Å². The predicted octanol–water partition coefficient (Wildman–Crippen LogP) is 3.69. The zero-order valence-corrected chi connectivity index (χ0v) is 14.9. The Hall–Kier alpha value is -2.95. The molecule has 0 unspecified atom stereocenters. The number of carbonyl (C=O) groups excluding carboxylic acids is 1. The fourth-order valence-corrected chi connectivity index (χ4v) is 3.10. The summed E-state index contributed by atoms with van der Waals surface area (Å²) in [6.45, 7) is 2.04. The van der Waals surface area contributed by atoms with Gasteiger partial charge >= 0.3 is 0 Å². The molecule has 1 heterocycles. The summed E-state index contributed by atoms with van der Waals surface area (Å²) in [4.78, 5) is 12.5. The Morgan fingerprint density at radius 1 is 1.08 bits per heavy atom. The maximum atomic E-state index is 12.5. The third kappa shape index (κ3) is 3.18. The van der Waals surface area contributed by atoms with E-state index in [1.54, 1.807) is 32.4 Å². The average Bonchev–Trinajstić information content (AvgIpc) is 2.87. The van der Waals surface area contributed by atoms with Crippen molar-refractivity contribution in [1.29, 1.82) is 0 Å². The number of hydrogen-bond acceptors (Lipinski definition) is 3. The summed E-state index contributed by atoms with van der Waals surface area (Å²) >= 11 is 0.